The Hall–Kier alpha value is -0.120. The first kappa shape index (κ1) is 5.65. The molecule has 0 bridgehead atoms. The number of fused-ring (bicyclic) bond motifs is 1. The average molecular weight is 130 g/mol. The van der Waals surface area contributed by atoms with Gasteiger partial charge in [0.15, 0.2) is 6.29 Å². The summed E-state index contributed by atoms with van der Waals surface area (Å²) in [7, 11) is 0. The van der Waals surface area contributed by atoms with Gasteiger partial charge in [-0.2, -0.15) is 0 Å². The molecule has 1 N–H and O–H groups in total. The summed E-state index contributed by atoms with van der Waals surface area (Å²) < 4.78 is 10.3. The molecule has 0 aromatic heterocycles. The van der Waals surface area contributed by atoms with E-state index in [1.165, 1.54) is 0 Å². The highest BCUT2D eigenvalue weighted by Crippen LogP contribution is 2.41. The topological polar surface area (TPSA) is 42.0 Å². The van der Waals surface area contributed by atoms with E-state index in [4.69, 9.17) is 14.6 Å². The van der Waals surface area contributed by atoms with Crippen LogP contribution in [0, 0.1) is 5.92 Å². The lowest BCUT2D eigenvalue weighted by Crippen LogP contribution is -2.23. The van der Waals surface area contributed by atoms with Crippen molar-refractivity contribution in [2.45, 2.75) is 25.4 Å². The highest BCUT2D eigenvalue weighted by atomic mass is 16.8. The second-order valence-electron chi connectivity index (χ2n) is 2.69. The van der Waals surface area contributed by atoms with Gasteiger partial charge in [-0.15, -0.1) is 0 Å². The predicted molar refractivity (Wildman–Crippen MR) is 29.8 cm³/mol. The standard InChI is InChI=1S/C6H10O3/c1-3-4(2-7)8-6-5(3)9-6/h3-7H,2H2,1H3. The van der Waals surface area contributed by atoms with Crippen molar-refractivity contribution >= 4 is 0 Å². The highest BCUT2D eigenvalue weighted by Gasteiger charge is 2.54. The smallest absolute Gasteiger partial charge is 0.185 e. The maximum Gasteiger partial charge on any atom is 0.185 e. The van der Waals surface area contributed by atoms with Crippen molar-refractivity contribution in [3.8, 4) is 0 Å². The van der Waals surface area contributed by atoms with E-state index in [1.807, 2.05) is 6.92 Å². The summed E-state index contributed by atoms with van der Waals surface area (Å²) in [6.45, 7) is 2.16. The average Bonchev–Trinajstić information content (AvgIpc) is 2.55. The van der Waals surface area contributed by atoms with Crippen LogP contribution in [0.1, 0.15) is 6.92 Å². The Balaban J connectivity index is 1.99. The Labute approximate surface area is 53.6 Å². The number of rotatable bonds is 1. The molecule has 0 amide bonds. The fourth-order valence-electron chi connectivity index (χ4n) is 1.31. The maximum absolute atomic E-state index is 8.69. The fraction of sp³-hybridized carbons (Fsp3) is 1.00. The van der Waals surface area contributed by atoms with E-state index >= 15 is 0 Å². The molecule has 4 unspecified atom stereocenters. The summed E-state index contributed by atoms with van der Waals surface area (Å²) in [6.07, 6.45) is 0.313. The van der Waals surface area contributed by atoms with E-state index in [0.717, 1.165) is 0 Å². The van der Waals surface area contributed by atoms with Crippen molar-refractivity contribution < 1.29 is 14.6 Å². The Bertz CT molecular complexity index is 125. The van der Waals surface area contributed by atoms with Gasteiger partial charge in [0.05, 0.1) is 12.7 Å². The fourth-order valence-corrected chi connectivity index (χ4v) is 1.31. The Morgan fingerprint density at radius 2 is 2.22 bits per heavy atom. The quantitative estimate of drug-likeness (QED) is 0.497. The molecule has 52 valence electrons. The van der Waals surface area contributed by atoms with Gasteiger partial charge in [0.25, 0.3) is 0 Å². The van der Waals surface area contributed by atoms with Crippen LogP contribution in [0.2, 0.25) is 0 Å². The summed E-state index contributed by atoms with van der Waals surface area (Å²) >= 11 is 0. The highest BCUT2D eigenvalue weighted by molar-refractivity contribution is 4.93. The molecule has 2 fully saturated rings. The summed E-state index contributed by atoms with van der Waals surface area (Å²) in [5.41, 5.74) is 0. The molecule has 2 heterocycles. The van der Waals surface area contributed by atoms with Gasteiger partial charge in [-0.1, -0.05) is 6.92 Å². The van der Waals surface area contributed by atoms with Gasteiger partial charge in [0.2, 0.25) is 0 Å². The van der Waals surface area contributed by atoms with Crippen LogP contribution in [0.4, 0.5) is 0 Å². The molecule has 3 nitrogen and oxygen atoms in total. The number of hydrogen-bond donors (Lipinski definition) is 1. The molecule has 3 heteroatoms. The molecule has 9 heavy (non-hydrogen) atoms. The van der Waals surface area contributed by atoms with Crippen molar-refractivity contribution in [1.82, 2.24) is 0 Å². The van der Waals surface area contributed by atoms with Gasteiger partial charge in [0, 0.05) is 5.92 Å². The molecule has 0 saturated carbocycles. The van der Waals surface area contributed by atoms with E-state index in [-0.39, 0.29) is 25.1 Å². The van der Waals surface area contributed by atoms with E-state index in [0.29, 0.717) is 5.92 Å². The van der Waals surface area contributed by atoms with Crippen molar-refractivity contribution in [3.63, 3.8) is 0 Å². The normalized spacial score (nSPS) is 55.3. The summed E-state index contributed by atoms with van der Waals surface area (Å²) in [6, 6.07) is 0. The number of epoxide rings is 1. The molecule has 0 aromatic rings. The molecule has 2 aliphatic rings. The SMILES string of the molecule is CC1C(CO)OC2OC21. The van der Waals surface area contributed by atoms with Crippen LogP contribution < -0.4 is 0 Å². The van der Waals surface area contributed by atoms with E-state index in [2.05, 4.69) is 0 Å². The molecule has 0 aromatic carbocycles. The summed E-state index contributed by atoms with van der Waals surface area (Å²) in [5.74, 6) is 0.375. The third kappa shape index (κ3) is 0.689. The zero-order chi connectivity index (χ0) is 6.43. The van der Waals surface area contributed by atoms with Crippen LogP contribution in [0.15, 0.2) is 0 Å². The molecule has 0 spiro atoms. The van der Waals surface area contributed by atoms with E-state index in [1.54, 1.807) is 0 Å². The Kier molecular flexibility index (Phi) is 1.06. The lowest BCUT2D eigenvalue weighted by molar-refractivity contribution is -0.0558. The molecule has 0 aliphatic carbocycles. The second kappa shape index (κ2) is 1.68. The van der Waals surface area contributed by atoms with Crippen LogP contribution in [-0.4, -0.2) is 30.2 Å². The maximum atomic E-state index is 8.69. The molecule has 0 radical (unpaired) electrons. The molecule has 4 atom stereocenters. The zero-order valence-corrected chi connectivity index (χ0v) is 5.28. The van der Waals surface area contributed by atoms with Gasteiger partial charge in [0.1, 0.15) is 6.10 Å². The van der Waals surface area contributed by atoms with Crippen LogP contribution in [-0.2, 0) is 9.47 Å². The minimum absolute atomic E-state index is 0.0112. The minimum Gasteiger partial charge on any atom is -0.394 e. The molecule has 2 saturated heterocycles. The number of aliphatic hydroxyl groups excluding tert-OH is 1. The molecular formula is C6H10O3. The summed E-state index contributed by atoms with van der Waals surface area (Å²) in [4.78, 5) is 0. The van der Waals surface area contributed by atoms with Gasteiger partial charge >= 0.3 is 0 Å². The Morgan fingerprint density at radius 3 is 2.56 bits per heavy atom. The lowest BCUT2D eigenvalue weighted by atomic mass is 10.0. The number of hydrogen-bond acceptors (Lipinski definition) is 3. The number of aliphatic hydroxyl groups is 1. The van der Waals surface area contributed by atoms with Crippen molar-refractivity contribution in [2.75, 3.05) is 6.61 Å². The first-order valence-corrected chi connectivity index (χ1v) is 3.24. The number of ether oxygens (including phenoxy) is 2. The van der Waals surface area contributed by atoms with Crippen molar-refractivity contribution in [1.29, 1.82) is 0 Å². The van der Waals surface area contributed by atoms with Crippen molar-refractivity contribution in [2.24, 2.45) is 5.92 Å². The van der Waals surface area contributed by atoms with Gasteiger partial charge in [-0.25, -0.2) is 0 Å². The second-order valence-corrected chi connectivity index (χ2v) is 2.69. The zero-order valence-electron chi connectivity index (χ0n) is 5.28. The first-order valence-electron chi connectivity index (χ1n) is 3.24. The molecule has 2 rings (SSSR count). The van der Waals surface area contributed by atoms with Crippen molar-refractivity contribution in [3.05, 3.63) is 0 Å². The summed E-state index contributed by atoms with van der Waals surface area (Å²) in [5, 5.41) is 8.69. The van der Waals surface area contributed by atoms with E-state index in [9.17, 15) is 0 Å². The van der Waals surface area contributed by atoms with Crippen LogP contribution in [0.3, 0.4) is 0 Å². The van der Waals surface area contributed by atoms with E-state index < -0.39 is 0 Å². The van der Waals surface area contributed by atoms with Gasteiger partial charge in [-0.3, -0.25) is 0 Å². The van der Waals surface area contributed by atoms with Crippen LogP contribution >= 0.6 is 0 Å². The van der Waals surface area contributed by atoms with Gasteiger partial charge < -0.3 is 14.6 Å². The first-order chi connectivity index (χ1) is 4.33. The van der Waals surface area contributed by atoms with Crippen LogP contribution in [0.25, 0.3) is 0 Å². The van der Waals surface area contributed by atoms with Gasteiger partial charge in [-0.05, 0) is 0 Å². The minimum atomic E-state index is 0.0112. The van der Waals surface area contributed by atoms with Crippen LogP contribution in [0.5, 0.6) is 0 Å². The lowest BCUT2D eigenvalue weighted by Gasteiger charge is -2.13. The molecule has 2 aliphatic heterocycles. The third-order valence-electron chi connectivity index (χ3n) is 2.08. The molecular weight excluding hydrogens is 120 g/mol. The third-order valence-corrected chi connectivity index (χ3v) is 2.08. The predicted octanol–water partition coefficient (Wildman–Crippen LogP) is -0.262. The monoisotopic (exact) mass is 130 g/mol. The Morgan fingerprint density at radius 1 is 1.44 bits per heavy atom. The largest absolute Gasteiger partial charge is 0.394 e.